The van der Waals surface area contributed by atoms with E-state index in [0.29, 0.717) is 6.42 Å². The number of rotatable bonds is 4. The number of halogens is 1. The molecule has 1 aromatic carbocycles. The first-order valence-corrected chi connectivity index (χ1v) is 4.91. The van der Waals surface area contributed by atoms with Crippen LogP contribution in [0.25, 0.3) is 0 Å². The summed E-state index contributed by atoms with van der Waals surface area (Å²) < 4.78 is 5.11. The second-order valence-electron chi connectivity index (χ2n) is 3.21. The van der Waals surface area contributed by atoms with Crippen molar-refractivity contribution in [2.45, 2.75) is 13.3 Å². The molecule has 0 saturated carbocycles. The standard InChI is InChI=1S/C11H13ClO2/c1-8-3-9(5-10(13)7-12)6-11(4-8)14-2/h3-4,6H,5,7H2,1-2H3. The van der Waals surface area contributed by atoms with Crippen LogP contribution >= 0.6 is 11.6 Å². The smallest absolute Gasteiger partial charge is 0.151 e. The number of hydrogen-bond donors (Lipinski definition) is 0. The maximum absolute atomic E-state index is 11.1. The van der Waals surface area contributed by atoms with Crippen molar-refractivity contribution >= 4 is 17.4 Å². The van der Waals surface area contributed by atoms with Crippen molar-refractivity contribution in [3.05, 3.63) is 29.3 Å². The lowest BCUT2D eigenvalue weighted by molar-refractivity contribution is -0.116. The summed E-state index contributed by atoms with van der Waals surface area (Å²) in [6, 6.07) is 5.75. The molecule has 0 heterocycles. The number of alkyl halides is 1. The summed E-state index contributed by atoms with van der Waals surface area (Å²) in [4.78, 5) is 11.1. The van der Waals surface area contributed by atoms with E-state index in [1.165, 1.54) is 0 Å². The van der Waals surface area contributed by atoms with Crippen molar-refractivity contribution < 1.29 is 9.53 Å². The fraction of sp³-hybridized carbons (Fsp3) is 0.364. The molecule has 76 valence electrons. The lowest BCUT2D eigenvalue weighted by Crippen LogP contribution is -2.04. The molecule has 0 saturated heterocycles. The molecule has 1 aromatic rings. The first-order chi connectivity index (χ1) is 6.65. The molecule has 14 heavy (non-hydrogen) atoms. The van der Waals surface area contributed by atoms with Gasteiger partial charge in [-0.15, -0.1) is 11.6 Å². The fourth-order valence-electron chi connectivity index (χ4n) is 1.32. The van der Waals surface area contributed by atoms with E-state index in [0.717, 1.165) is 16.9 Å². The van der Waals surface area contributed by atoms with Crippen LogP contribution in [0.4, 0.5) is 0 Å². The monoisotopic (exact) mass is 212 g/mol. The molecule has 0 aliphatic heterocycles. The summed E-state index contributed by atoms with van der Waals surface area (Å²) in [7, 11) is 1.61. The van der Waals surface area contributed by atoms with Crippen molar-refractivity contribution in [2.75, 3.05) is 13.0 Å². The van der Waals surface area contributed by atoms with E-state index in [1.54, 1.807) is 7.11 Å². The highest BCUT2D eigenvalue weighted by atomic mass is 35.5. The molecular formula is C11H13ClO2. The van der Waals surface area contributed by atoms with Gasteiger partial charge in [0.15, 0.2) is 5.78 Å². The number of hydrogen-bond acceptors (Lipinski definition) is 2. The molecule has 0 unspecified atom stereocenters. The third-order valence-corrected chi connectivity index (χ3v) is 2.19. The second kappa shape index (κ2) is 5.01. The van der Waals surface area contributed by atoms with Crippen LogP contribution in [-0.2, 0) is 11.2 Å². The first kappa shape index (κ1) is 11.1. The lowest BCUT2D eigenvalue weighted by atomic mass is 10.1. The normalized spacial score (nSPS) is 9.93. The van der Waals surface area contributed by atoms with Crippen LogP contribution in [-0.4, -0.2) is 18.8 Å². The highest BCUT2D eigenvalue weighted by molar-refractivity contribution is 6.27. The number of benzene rings is 1. The molecule has 2 nitrogen and oxygen atoms in total. The van der Waals surface area contributed by atoms with Gasteiger partial charge in [-0.1, -0.05) is 6.07 Å². The van der Waals surface area contributed by atoms with Crippen molar-refractivity contribution in [1.82, 2.24) is 0 Å². The van der Waals surface area contributed by atoms with Gasteiger partial charge in [0.1, 0.15) is 5.75 Å². The third kappa shape index (κ3) is 3.04. The quantitative estimate of drug-likeness (QED) is 0.717. The molecule has 0 amide bonds. The number of aryl methyl sites for hydroxylation is 1. The largest absolute Gasteiger partial charge is 0.497 e. The van der Waals surface area contributed by atoms with E-state index in [1.807, 2.05) is 25.1 Å². The SMILES string of the molecule is COc1cc(C)cc(CC(=O)CCl)c1. The molecule has 0 atom stereocenters. The molecule has 0 aliphatic rings. The fourth-order valence-corrected chi connectivity index (χ4v) is 1.41. The summed E-state index contributed by atoms with van der Waals surface area (Å²) in [6.45, 7) is 1.97. The third-order valence-electron chi connectivity index (χ3n) is 1.90. The zero-order chi connectivity index (χ0) is 10.6. The van der Waals surface area contributed by atoms with Gasteiger partial charge in [0, 0.05) is 6.42 Å². The van der Waals surface area contributed by atoms with Gasteiger partial charge in [-0.25, -0.2) is 0 Å². The van der Waals surface area contributed by atoms with Gasteiger partial charge >= 0.3 is 0 Å². The topological polar surface area (TPSA) is 26.3 Å². The molecule has 0 aliphatic carbocycles. The molecule has 3 heteroatoms. The van der Waals surface area contributed by atoms with Gasteiger partial charge in [-0.3, -0.25) is 4.79 Å². The second-order valence-corrected chi connectivity index (χ2v) is 3.47. The Morgan fingerprint density at radius 2 is 2.14 bits per heavy atom. The maximum Gasteiger partial charge on any atom is 0.151 e. The first-order valence-electron chi connectivity index (χ1n) is 4.38. The summed E-state index contributed by atoms with van der Waals surface area (Å²) in [5.41, 5.74) is 2.04. The van der Waals surface area contributed by atoms with E-state index in [9.17, 15) is 4.79 Å². The molecule has 0 fully saturated rings. The van der Waals surface area contributed by atoms with Gasteiger partial charge in [0.2, 0.25) is 0 Å². The van der Waals surface area contributed by atoms with Crippen LogP contribution in [0.1, 0.15) is 11.1 Å². The molecule has 1 rings (SSSR count). The van der Waals surface area contributed by atoms with E-state index >= 15 is 0 Å². The maximum atomic E-state index is 11.1. The zero-order valence-corrected chi connectivity index (χ0v) is 9.10. The Bertz CT molecular complexity index is 334. The van der Waals surface area contributed by atoms with Gasteiger partial charge in [-0.2, -0.15) is 0 Å². The molecule has 0 aromatic heterocycles. The Labute approximate surface area is 88.8 Å². The van der Waals surface area contributed by atoms with Crippen molar-refractivity contribution in [2.24, 2.45) is 0 Å². The van der Waals surface area contributed by atoms with Crippen molar-refractivity contribution in [3.8, 4) is 5.75 Å². The van der Waals surface area contributed by atoms with Crippen molar-refractivity contribution in [1.29, 1.82) is 0 Å². The number of ether oxygens (including phenoxy) is 1. The Morgan fingerprint density at radius 3 is 2.71 bits per heavy atom. The van der Waals surface area contributed by atoms with E-state index in [4.69, 9.17) is 16.3 Å². The van der Waals surface area contributed by atoms with Crippen molar-refractivity contribution in [3.63, 3.8) is 0 Å². The summed E-state index contributed by atoms with van der Waals surface area (Å²) in [5, 5.41) is 0. The number of ketones is 1. The molecular weight excluding hydrogens is 200 g/mol. The molecule has 0 N–H and O–H groups in total. The predicted molar refractivity (Wildman–Crippen MR) is 57.2 cm³/mol. The Morgan fingerprint density at radius 1 is 1.43 bits per heavy atom. The predicted octanol–water partition coefficient (Wildman–Crippen LogP) is 2.35. The van der Waals surface area contributed by atoms with E-state index in [2.05, 4.69) is 0 Å². The minimum atomic E-state index is 0.0271. The Kier molecular flexibility index (Phi) is 3.96. The Hall–Kier alpha value is -1.02. The minimum Gasteiger partial charge on any atom is -0.497 e. The van der Waals surface area contributed by atoms with Crippen LogP contribution in [0, 0.1) is 6.92 Å². The van der Waals surface area contributed by atoms with Gasteiger partial charge in [-0.05, 0) is 30.2 Å². The average molecular weight is 213 g/mol. The van der Waals surface area contributed by atoms with E-state index in [-0.39, 0.29) is 11.7 Å². The zero-order valence-electron chi connectivity index (χ0n) is 8.34. The Balaban J connectivity index is 2.86. The number of Topliss-reactive ketones (excluding diaryl/α,β-unsaturated/α-hetero) is 1. The van der Waals surface area contributed by atoms with Gasteiger partial charge in [0.05, 0.1) is 13.0 Å². The highest BCUT2D eigenvalue weighted by Gasteiger charge is 2.04. The van der Waals surface area contributed by atoms with Crippen LogP contribution < -0.4 is 4.74 Å². The van der Waals surface area contributed by atoms with Gasteiger partial charge < -0.3 is 4.74 Å². The van der Waals surface area contributed by atoms with Crippen LogP contribution in [0.5, 0.6) is 5.75 Å². The summed E-state index contributed by atoms with van der Waals surface area (Å²) in [6.07, 6.45) is 0.377. The van der Waals surface area contributed by atoms with Gasteiger partial charge in [0.25, 0.3) is 0 Å². The lowest BCUT2D eigenvalue weighted by Gasteiger charge is -2.05. The minimum absolute atomic E-state index is 0.0271. The van der Waals surface area contributed by atoms with Crippen LogP contribution in [0.2, 0.25) is 0 Å². The summed E-state index contributed by atoms with van der Waals surface area (Å²) in [5.74, 6) is 0.873. The molecule has 0 bridgehead atoms. The number of methoxy groups -OCH3 is 1. The summed E-state index contributed by atoms with van der Waals surface area (Å²) >= 11 is 5.43. The average Bonchev–Trinajstić information content (AvgIpc) is 2.16. The molecule has 0 radical (unpaired) electrons. The van der Waals surface area contributed by atoms with E-state index < -0.39 is 0 Å². The van der Waals surface area contributed by atoms with Crippen LogP contribution in [0.15, 0.2) is 18.2 Å². The van der Waals surface area contributed by atoms with Crippen LogP contribution in [0.3, 0.4) is 0 Å². The highest BCUT2D eigenvalue weighted by Crippen LogP contribution is 2.16. The molecule has 0 spiro atoms. The number of carbonyl (C=O) groups is 1. The number of carbonyl (C=O) groups excluding carboxylic acids is 1.